The number of carbonyl (C=O) groups is 3. The minimum Gasteiger partial charge on any atom is -0.478 e. The highest BCUT2D eigenvalue weighted by Gasteiger charge is 2.23. The van der Waals surface area contributed by atoms with E-state index in [1.807, 2.05) is 66.7 Å². The maximum atomic E-state index is 13.3. The molecule has 4 aromatic carbocycles. The first kappa shape index (κ1) is 34.1. The smallest absolute Gasteiger partial charge is 0.341 e. The van der Waals surface area contributed by atoms with E-state index >= 15 is 0 Å². The highest BCUT2D eigenvalue weighted by molar-refractivity contribution is 6.02. The third kappa shape index (κ3) is 10.4. The fraction of sp³-hybridized carbons (Fsp3) is 0.289. The number of hydrogen-bond acceptors (Lipinski definition) is 6. The Morgan fingerprint density at radius 3 is 1.78 bits per heavy atom. The molecule has 1 unspecified atom stereocenters. The van der Waals surface area contributed by atoms with Gasteiger partial charge in [0, 0.05) is 6.42 Å². The lowest BCUT2D eigenvalue weighted by Crippen LogP contribution is -2.23. The largest absolute Gasteiger partial charge is 0.478 e. The molecule has 2 N–H and O–H groups in total. The van der Waals surface area contributed by atoms with Crippen LogP contribution in [0.25, 0.3) is 0 Å². The van der Waals surface area contributed by atoms with E-state index in [4.69, 9.17) is 14.5 Å². The number of carboxylic acids is 2. The lowest BCUT2D eigenvalue weighted by Gasteiger charge is -2.19. The molecule has 0 amide bonds. The topological polar surface area (TPSA) is 119 Å². The molecule has 0 saturated carbocycles. The predicted octanol–water partition coefficient (Wildman–Crippen LogP) is 8.26. The highest BCUT2D eigenvalue weighted by atomic mass is 17.2. The van der Waals surface area contributed by atoms with Crippen molar-refractivity contribution in [1.82, 2.24) is 0 Å². The summed E-state index contributed by atoms with van der Waals surface area (Å²) in [6.45, 7) is 1.93. The number of esters is 1. The van der Waals surface area contributed by atoms with E-state index in [-0.39, 0.29) is 23.3 Å². The normalized spacial score (nSPS) is 11.6. The van der Waals surface area contributed by atoms with Crippen LogP contribution in [0, 0.1) is 0 Å². The number of carboxylic acid groups (broad SMARTS) is 2. The Bertz CT molecular complexity index is 1580. The van der Waals surface area contributed by atoms with Crippen LogP contribution in [0.3, 0.4) is 0 Å². The van der Waals surface area contributed by atoms with Crippen molar-refractivity contribution >= 4 is 17.9 Å². The van der Waals surface area contributed by atoms with Crippen molar-refractivity contribution < 1.29 is 39.1 Å². The quantitative estimate of drug-likeness (QED) is 0.0373. The molecular formula is C38H40O8. The first-order chi connectivity index (χ1) is 22.3. The molecule has 8 heteroatoms. The van der Waals surface area contributed by atoms with Crippen molar-refractivity contribution in [3.8, 4) is 0 Å². The van der Waals surface area contributed by atoms with Crippen LogP contribution in [0.2, 0.25) is 0 Å². The van der Waals surface area contributed by atoms with Gasteiger partial charge in [0.2, 0.25) is 6.29 Å². The van der Waals surface area contributed by atoms with Crippen molar-refractivity contribution in [1.29, 1.82) is 0 Å². The lowest BCUT2D eigenvalue weighted by atomic mass is 9.99. The van der Waals surface area contributed by atoms with Gasteiger partial charge in [-0.2, -0.15) is 4.89 Å². The first-order valence-corrected chi connectivity index (χ1v) is 15.6. The van der Waals surface area contributed by atoms with Crippen LogP contribution in [-0.4, -0.2) is 34.4 Å². The molecule has 0 fully saturated rings. The molecule has 0 bridgehead atoms. The van der Waals surface area contributed by atoms with Crippen molar-refractivity contribution in [3.63, 3.8) is 0 Å². The van der Waals surface area contributed by atoms with Gasteiger partial charge in [0.05, 0.1) is 16.7 Å². The number of ether oxygens (including phenoxy) is 1. The molecule has 0 spiro atoms. The average molecular weight is 625 g/mol. The van der Waals surface area contributed by atoms with Gasteiger partial charge in [-0.15, -0.1) is 0 Å². The van der Waals surface area contributed by atoms with Gasteiger partial charge in [0.1, 0.15) is 6.61 Å². The third-order valence-electron chi connectivity index (χ3n) is 7.61. The number of aromatic carboxylic acids is 2. The van der Waals surface area contributed by atoms with Crippen molar-refractivity contribution in [3.05, 3.63) is 142 Å². The fourth-order valence-electron chi connectivity index (χ4n) is 5.18. The number of benzene rings is 4. The summed E-state index contributed by atoms with van der Waals surface area (Å²) in [5, 5.41) is 19.7. The fourth-order valence-corrected chi connectivity index (χ4v) is 5.18. The molecule has 46 heavy (non-hydrogen) atoms. The molecule has 1 atom stereocenters. The van der Waals surface area contributed by atoms with Crippen molar-refractivity contribution in [2.75, 3.05) is 0 Å². The SMILES string of the molecule is CCCCCCCC(OOCc1ccc(Cc2ccccc2)cc1C(=O)O)OC(=O)c1ccc(Cc2ccccc2)cc1C(=O)O. The Morgan fingerprint density at radius 1 is 0.630 bits per heavy atom. The van der Waals surface area contributed by atoms with Gasteiger partial charge >= 0.3 is 17.9 Å². The Kier molecular flexibility index (Phi) is 13.1. The summed E-state index contributed by atoms with van der Waals surface area (Å²) in [7, 11) is 0. The van der Waals surface area contributed by atoms with Crippen LogP contribution in [0.5, 0.6) is 0 Å². The Morgan fingerprint density at radius 2 is 1.20 bits per heavy atom. The van der Waals surface area contributed by atoms with E-state index in [0.717, 1.165) is 47.9 Å². The summed E-state index contributed by atoms with van der Waals surface area (Å²) in [4.78, 5) is 48.4. The number of carbonyl (C=O) groups excluding carboxylic acids is 1. The van der Waals surface area contributed by atoms with Crippen LogP contribution in [0.4, 0.5) is 0 Å². The lowest BCUT2D eigenvalue weighted by molar-refractivity contribution is -0.375. The molecule has 0 aliphatic carbocycles. The number of unbranched alkanes of at least 4 members (excludes halogenated alkanes) is 4. The summed E-state index contributed by atoms with van der Waals surface area (Å²) in [5.41, 5.74) is 3.90. The van der Waals surface area contributed by atoms with Gasteiger partial charge in [-0.05, 0) is 65.3 Å². The van der Waals surface area contributed by atoms with Gasteiger partial charge in [-0.25, -0.2) is 19.3 Å². The first-order valence-electron chi connectivity index (χ1n) is 15.6. The third-order valence-corrected chi connectivity index (χ3v) is 7.61. The molecule has 0 radical (unpaired) electrons. The van der Waals surface area contributed by atoms with Gasteiger partial charge in [-0.1, -0.05) is 111 Å². The standard InChI is InChI=1S/C38H40O8/c1-2-3-4-5-12-17-35(45-38(43)32-21-19-30(25-34(32)37(41)42)23-28-15-10-7-11-16-28)46-44-26-31-20-18-29(24-33(31)36(39)40)22-27-13-8-6-9-14-27/h6-11,13-16,18-21,24-25,35H,2-5,12,17,22-23,26H2,1H3,(H,39,40)(H,41,42). The van der Waals surface area contributed by atoms with Crippen LogP contribution in [0.1, 0.15) is 104 Å². The van der Waals surface area contributed by atoms with E-state index in [1.54, 1.807) is 18.2 Å². The second-order valence-corrected chi connectivity index (χ2v) is 11.2. The summed E-state index contributed by atoms with van der Waals surface area (Å²) >= 11 is 0. The van der Waals surface area contributed by atoms with Crippen LogP contribution >= 0.6 is 0 Å². The molecule has 0 aliphatic heterocycles. The summed E-state index contributed by atoms with van der Waals surface area (Å²) < 4.78 is 5.63. The van der Waals surface area contributed by atoms with Gasteiger partial charge in [0.15, 0.2) is 0 Å². The van der Waals surface area contributed by atoms with Crippen molar-refractivity contribution in [2.24, 2.45) is 0 Å². The maximum Gasteiger partial charge on any atom is 0.341 e. The second kappa shape index (κ2) is 17.6. The zero-order chi connectivity index (χ0) is 32.7. The zero-order valence-corrected chi connectivity index (χ0v) is 26.0. The summed E-state index contributed by atoms with van der Waals surface area (Å²) in [6, 6.07) is 29.2. The Balaban J connectivity index is 1.44. The summed E-state index contributed by atoms with van der Waals surface area (Å²) in [5.74, 6) is -3.18. The Hall–Kier alpha value is -4.79. The van der Waals surface area contributed by atoms with Gasteiger partial charge in [-0.3, -0.25) is 0 Å². The molecule has 0 heterocycles. The minimum absolute atomic E-state index is 0.0897. The molecule has 8 nitrogen and oxygen atoms in total. The van der Waals surface area contributed by atoms with Crippen molar-refractivity contribution in [2.45, 2.75) is 71.2 Å². The predicted molar refractivity (Wildman–Crippen MR) is 174 cm³/mol. The number of hydrogen-bond donors (Lipinski definition) is 2. The van der Waals surface area contributed by atoms with E-state index in [2.05, 4.69) is 6.92 Å². The second-order valence-electron chi connectivity index (χ2n) is 11.2. The van der Waals surface area contributed by atoms with Crippen LogP contribution < -0.4 is 0 Å². The Labute approximate surface area is 269 Å². The monoisotopic (exact) mass is 624 g/mol. The van der Waals surface area contributed by atoms with E-state index in [9.17, 15) is 24.6 Å². The molecule has 0 saturated heterocycles. The maximum absolute atomic E-state index is 13.3. The molecule has 240 valence electrons. The molecule has 0 aromatic heterocycles. The number of rotatable bonds is 18. The van der Waals surface area contributed by atoms with Crippen LogP contribution in [-0.2, 0) is 34.0 Å². The molecule has 4 aromatic rings. The molecule has 0 aliphatic rings. The minimum atomic E-state index is -1.24. The van der Waals surface area contributed by atoms with E-state index in [0.29, 0.717) is 31.2 Å². The molecule has 4 rings (SSSR count). The highest BCUT2D eigenvalue weighted by Crippen LogP contribution is 2.21. The zero-order valence-electron chi connectivity index (χ0n) is 26.0. The van der Waals surface area contributed by atoms with Crippen LogP contribution in [0.15, 0.2) is 97.1 Å². The molecular weight excluding hydrogens is 584 g/mol. The van der Waals surface area contributed by atoms with Gasteiger partial charge < -0.3 is 14.9 Å². The summed E-state index contributed by atoms with van der Waals surface area (Å²) in [6.07, 6.45) is 5.06. The van der Waals surface area contributed by atoms with E-state index in [1.165, 1.54) is 12.1 Å². The van der Waals surface area contributed by atoms with Gasteiger partial charge in [0.25, 0.3) is 0 Å². The van der Waals surface area contributed by atoms with E-state index < -0.39 is 24.2 Å². The average Bonchev–Trinajstić information content (AvgIpc) is 3.05.